The van der Waals surface area contributed by atoms with Gasteiger partial charge >= 0.3 is 0 Å². The van der Waals surface area contributed by atoms with Crippen LogP contribution in [-0.2, 0) is 11.3 Å². The van der Waals surface area contributed by atoms with Gasteiger partial charge in [-0.2, -0.15) is 0 Å². The second-order valence-corrected chi connectivity index (χ2v) is 7.67. The molecule has 1 aliphatic carbocycles. The van der Waals surface area contributed by atoms with E-state index in [1.807, 2.05) is 0 Å². The van der Waals surface area contributed by atoms with Gasteiger partial charge in [0.1, 0.15) is 11.9 Å². The third-order valence-electron chi connectivity index (χ3n) is 5.57. The first-order chi connectivity index (χ1) is 15.1. The minimum absolute atomic E-state index is 0.0749. The Morgan fingerprint density at radius 1 is 1.10 bits per heavy atom. The molecule has 1 fully saturated rings. The Hall–Kier alpha value is -3.48. The summed E-state index contributed by atoms with van der Waals surface area (Å²) >= 11 is 0. The van der Waals surface area contributed by atoms with E-state index < -0.39 is 17.8 Å². The quantitative estimate of drug-likeness (QED) is 0.619. The van der Waals surface area contributed by atoms with Gasteiger partial charge in [0.15, 0.2) is 5.76 Å². The average molecular weight is 421 g/mol. The molecule has 0 unspecified atom stereocenters. The van der Waals surface area contributed by atoms with Crippen molar-refractivity contribution in [2.45, 2.75) is 44.3 Å². The summed E-state index contributed by atoms with van der Waals surface area (Å²) in [6, 6.07) is 11.9. The van der Waals surface area contributed by atoms with Crippen LogP contribution in [0.2, 0.25) is 0 Å². The maximum atomic E-state index is 14.5. The average Bonchev–Trinajstić information content (AvgIpc) is 3.49. The third-order valence-corrected chi connectivity index (χ3v) is 5.57. The highest BCUT2D eigenvalue weighted by Crippen LogP contribution is 2.28. The molecule has 2 heterocycles. The number of aromatic nitrogens is 1. The molecule has 4 rings (SSSR count). The Bertz CT molecular complexity index is 1020. The van der Waals surface area contributed by atoms with Crippen molar-refractivity contribution in [3.05, 3.63) is 89.9 Å². The van der Waals surface area contributed by atoms with Gasteiger partial charge in [-0.1, -0.05) is 31.0 Å². The number of amides is 2. The number of halogens is 1. The third kappa shape index (κ3) is 4.82. The maximum Gasteiger partial charge on any atom is 0.290 e. The second kappa shape index (κ2) is 9.55. The van der Waals surface area contributed by atoms with Crippen molar-refractivity contribution in [3.63, 3.8) is 0 Å². The van der Waals surface area contributed by atoms with Crippen LogP contribution < -0.4 is 5.32 Å². The molecule has 31 heavy (non-hydrogen) atoms. The first-order valence-corrected chi connectivity index (χ1v) is 10.4. The summed E-state index contributed by atoms with van der Waals surface area (Å²) in [7, 11) is 0. The summed E-state index contributed by atoms with van der Waals surface area (Å²) in [6.45, 7) is -0.0860. The van der Waals surface area contributed by atoms with E-state index in [0.29, 0.717) is 11.1 Å². The van der Waals surface area contributed by atoms with E-state index in [0.717, 1.165) is 25.7 Å². The molecule has 1 aromatic carbocycles. The zero-order valence-corrected chi connectivity index (χ0v) is 17.0. The van der Waals surface area contributed by atoms with Crippen LogP contribution in [0.25, 0.3) is 0 Å². The van der Waals surface area contributed by atoms with Gasteiger partial charge in [0.25, 0.3) is 5.91 Å². The molecule has 0 spiro atoms. The van der Waals surface area contributed by atoms with E-state index in [1.54, 1.807) is 48.8 Å². The predicted octanol–water partition coefficient (Wildman–Crippen LogP) is 4.26. The number of furan rings is 1. The van der Waals surface area contributed by atoms with Crippen LogP contribution in [0, 0.1) is 5.82 Å². The number of hydrogen-bond donors (Lipinski definition) is 1. The number of carbonyl (C=O) groups is 2. The normalized spacial score (nSPS) is 14.9. The minimum atomic E-state index is -0.958. The lowest BCUT2D eigenvalue weighted by molar-refractivity contribution is -0.126. The molecular weight excluding hydrogens is 397 g/mol. The summed E-state index contributed by atoms with van der Waals surface area (Å²) in [6.07, 6.45) is 8.50. The van der Waals surface area contributed by atoms with E-state index in [4.69, 9.17) is 4.42 Å². The summed E-state index contributed by atoms with van der Waals surface area (Å²) < 4.78 is 19.8. The molecule has 2 amide bonds. The smallest absolute Gasteiger partial charge is 0.290 e. The lowest BCUT2D eigenvalue weighted by atomic mass is 10.0. The van der Waals surface area contributed by atoms with Crippen LogP contribution in [0.1, 0.15) is 53.4 Å². The minimum Gasteiger partial charge on any atom is -0.459 e. The number of pyridine rings is 1. The van der Waals surface area contributed by atoms with Crippen LogP contribution in [-0.4, -0.2) is 27.7 Å². The molecular formula is C24H24FN3O3. The highest BCUT2D eigenvalue weighted by atomic mass is 19.1. The molecule has 1 saturated carbocycles. The Labute approximate surface area is 180 Å². The highest BCUT2D eigenvalue weighted by molar-refractivity contribution is 5.96. The fourth-order valence-electron chi connectivity index (χ4n) is 4.00. The number of rotatable bonds is 7. The SMILES string of the molecule is O=C(NC1CCCC1)[C@H](c1ccncc1)N(Cc1ccccc1F)C(=O)c1ccco1. The highest BCUT2D eigenvalue weighted by Gasteiger charge is 2.35. The zero-order chi connectivity index (χ0) is 21.6. The van der Waals surface area contributed by atoms with Crippen molar-refractivity contribution < 1.29 is 18.4 Å². The van der Waals surface area contributed by atoms with Gasteiger partial charge in [0, 0.05) is 24.0 Å². The first kappa shape index (κ1) is 20.8. The Balaban J connectivity index is 1.73. The van der Waals surface area contributed by atoms with Crippen LogP contribution in [0.3, 0.4) is 0 Å². The van der Waals surface area contributed by atoms with Gasteiger partial charge in [-0.25, -0.2) is 4.39 Å². The molecule has 2 aromatic heterocycles. The van der Waals surface area contributed by atoms with Crippen LogP contribution in [0.4, 0.5) is 4.39 Å². The second-order valence-electron chi connectivity index (χ2n) is 7.67. The lowest BCUT2D eigenvalue weighted by Crippen LogP contribution is -2.46. The van der Waals surface area contributed by atoms with Crippen molar-refractivity contribution in [1.82, 2.24) is 15.2 Å². The molecule has 1 N–H and O–H groups in total. The molecule has 0 aliphatic heterocycles. The standard InChI is InChI=1S/C24H24FN3O3/c25-20-9-4-1-6-18(20)16-28(24(30)21-10-5-15-31-21)22(17-11-13-26-14-12-17)23(29)27-19-7-2-3-8-19/h1,4-6,9-15,19,22H,2-3,7-8,16H2,(H,27,29)/t22-/m0/s1. The molecule has 0 bridgehead atoms. The van der Waals surface area contributed by atoms with Gasteiger partial charge in [0.05, 0.1) is 12.8 Å². The van der Waals surface area contributed by atoms with Crippen molar-refractivity contribution >= 4 is 11.8 Å². The molecule has 1 atom stereocenters. The predicted molar refractivity (Wildman–Crippen MR) is 112 cm³/mol. The Kier molecular flexibility index (Phi) is 6.40. The van der Waals surface area contributed by atoms with Crippen molar-refractivity contribution in [3.8, 4) is 0 Å². The Morgan fingerprint density at radius 3 is 2.52 bits per heavy atom. The summed E-state index contributed by atoms with van der Waals surface area (Å²) in [5.74, 6) is -1.14. The molecule has 3 aromatic rings. The van der Waals surface area contributed by atoms with Crippen molar-refractivity contribution in [1.29, 1.82) is 0 Å². The molecule has 6 nitrogen and oxygen atoms in total. The maximum absolute atomic E-state index is 14.5. The molecule has 0 saturated heterocycles. The van der Waals surface area contributed by atoms with E-state index >= 15 is 0 Å². The van der Waals surface area contributed by atoms with E-state index in [-0.39, 0.29) is 24.3 Å². The van der Waals surface area contributed by atoms with Crippen LogP contribution >= 0.6 is 0 Å². The monoisotopic (exact) mass is 421 g/mol. The summed E-state index contributed by atoms with van der Waals surface area (Å²) in [5, 5.41) is 3.08. The van der Waals surface area contributed by atoms with E-state index in [1.165, 1.54) is 23.3 Å². The van der Waals surface area contributed by atoms with Gasteiger partial charge in [-0.3, -0.25) is 14.6 Å². The van der Waals surface area contributed by atoms with Crippen LogP contribution in [0.5, 0.6) is 0 Å². The van der Waals surface area contributed by atoms with E-state index in [9.17, 15) is 14.0 Å². The van der Waals surface area contributed by atoms with Crippen molar-refractivity contribution in [2.24, 2.45) is 0 Å². The summed E-state index contributed by atoms with van der Waals surface area (Å²) in [5.41, 5.74) is 0.914. The fourth-order valence-corrected chi connectivity index (χ4v) is 4.00. The fraction of sp³-hybridized carbons (Fsp3) is 0.292. The molecule has 1 aliphatic rings. The van der Waals surface area contributed by atoms with Gasteiger partial charge < -0.3 is 14.6 Å². The van der Waals surface area contributed by atoms with Crippen LogP contribution in [0.15, 0.2) is 71.6 Å². The number of nitrogens with one attached hydrogen (secondary N) is 1. The zero-order valence-electron chi connectivity index (χ0n) is 17.0. The number of nitrogens with zero attached hydrogens (tertiary/aromatic N) is 2. The van der Waals surface area contributed by atoms with Crippen molar-refractivity contribution in [2.75, 3.05) is 0 Å². The molecule has 7 heteroatoms. The molecule has 160 valence electrons. The first-order valence-electron chi connectivity index (χ1n) is 10.4. The number of hydrogen-bond acceptors (Lipinski definition) is 4. The largest absolute Gasteiger partial charge is 0.459 e. The van der Waals surface area contributed by atoms with E-state index in [2.05, 4.69) is 10.3 Å². The number of carbonyl (C=O) groups excluding carboxylic acids is 2. The summed E-state index contributed by atoms with van der Waals surface area (Å²) in [4.78, 5) is 32.2. The van der Waals surface area contributed by atoms with Gasteiger partial charge in [-0.15, -0.1) is 0 Å². The van der Waals surface area contributed by atoms with Gasteiger partial charge in [0.2, 0.25) is 5.91 Å². The number of benzene rings is 1. The lowest BCUT2D eigenvalue weighted by Gasteiger charge is -2.31. The molecule has 0 radical (unpaired) electrons. The Morgan fingerprint density at radius 2 is 1.84 bits per heavy atom. The van der Waals surface area contributed by atoms with Gasteiger partial charge in [-0.05, 0) is 48.7 Å². The topological polar surface area (TPSA) is 75.4 Å².